The molecule has 0 spiro atoms. The Morgan fingerprint density at radius 2 is 1.53 bits per heavy atom. The van der Waals surface area contributed by atoms with E-state index in [9.17, 15) is 9.59 Å². The molecule has 15 heavy (non-hydrogen) atoms. The first kappa shape index (κ1) is 11.2. The highest BCUT2D eigenvalue weighted by Crippen LogP contribution is 2.18. The Labute approximate surface area is 88.6 Å². The quantitative estimate of drug-likeness (QED) is 0.700. The topological polar surface area (TPSA) is 60.2 Å². The van der Waals surface area contributed by atoms with Crippen LogP contribution in [-0.4, -0.2) is 11.6 Å². The van der Waals surface area contributed by atoms with Gasteiger partial charge in [-0.05, 0) is 0 Å². The van der Waals surface area contributed by atoms with Gasteiger partial charge in [-0.2, -0.15) is 0 Å². The standard InChI is InChI=1S/C10H7NO2.C2H6/c11-8-5-9(12)6-3-1-2-4-7(6)10(8)13;1-2/h1-5H,11H2;1-2H3. The van der Waals surface area contributed by atoms with E-state index in [-0.39, 0.29) is 17.3 Å². The first-order valence-corrected chi connectivity index (χ1v) is 4.85. The minimum Gasteiger partial charge on any atom is -0.395 e. The third-order valence-electron chi connectivity index (χ3n) is 1.99. The van der Waals surface area contributed by atoms with Gasteiger partial charge in [-0.15, -0.1) is 0 Å². The summed E-state index contributed by atoms with van der Waals surface area (Å²) in [7, 11) is 0. The van der Waals surface area contributed by atoms with E-state index in [4.69, 9.17) is 5.73 Å². The largest absolute Gasteiger partial charge is 0.395 e. The number of ketones is 2. The minimum atomic E-state index is -0.268. The van der Waals surface area contributed by atoms with E-state index in [2.05, 4.69) is 0 Å². The fourth-order valence-corrected chi connectivity index (χ4v) is 1.34. The number of hydrogen-bond acceptors (Lipinski definition) is 3. The molecule has 0 aromatic heterocycles. The predicted molar refractivity (Wildman–Crippen MR) is 58.7 cm³/mol. The smallest absolute Gasteiger partial charge is 0.209 e. The predicted octanol–water partition coefficient (Wildman–Crippen LogP) is 1.93. The molecule has 1 aliphatic carbocycles. The Morgan fingerprint density at radius 3 is 2.13 bits per heavy atom. The second kappa shape index (κ2) is 4.55. The van der Waals surface area contributed by atoms with Crippen LogP contribution in [0.5, 0.6) is 0 Å². The van der Waals surface area contributed by atoms with Crippen molar-refractivity contribution in [2.45, 2.75) is 13.8 Å². The number of hydrogen-bond donors (Lipinski definition) is 1. The molecule has 1 aromatic carbocycles. The van der Waals surface area contributed by atoms with Gasteiger partial charge in [0.05, 0.1) is 5.70 Å². The Morgan fingerprint density at radius 1 is 1.00 bits per heavy atom. The summed E-state index contributed by atoms with van der Waals surface area (Å²) in [6, 6.07) is 6.66. The molecular weight excluding hydrogens is 190 g/mol. The molecular formula is C12H13NO2. The first-order valence-electron chi connectivity index (χ1n) is 4.85. The highest BCUT2D eigenvalue weighted by Gasteiger charge is 2.22. The first-order chi connectivity index (χ1) is 7.20. The van der Waals surface area contributed by atoms with Crippen molar-refractivity contribution >= 4 is 11.6 Å². The number of carbonyl (C=O) groups excluding carboxylic acids is 2. The van der Waals surface area contributed by atoms with Crippen LogP contribution >= 0.6 is 0 Å². The van der Waals surface area contributed by atoms with Crippen molar-refractivity contribution in [3.05, 3.63) is 47.2 Å². The van der Waals surface area contributed by atoms with Crippen LogP contribution < -0.4 is 5.73 Å². The van der Waals surface area contributed by atoms with Crippen molar-refractivity contribution < 1.29 is 9.59 Å². The molecule has 0 saturated heterocycles. The molecule has 0 heterocycles. The summed E-state index contributed by atoms with van der Waals surface area (Å²) in [5.41, 5.74) is 6.22. The second-order valence-corrected chi connectivity index (χ2v) is 2.84. The van der Waals surface area contributed by atoms with Crippen LogP contribution in [0.15, 0.2) is 36.0 Å². The van der Waals surface area contributed by atoms with Crippen molar-refractivity contribution in [3.63, 3.8) is 0 Å². The van der Waals surface area contributed by atoms with E-state index in [1.54, 1.807) is 24.3 Å². The summed E-state index contributed by atoms with van der Waals surface area (Å²) < 4.78 is 0. The number of Topliss-reactive ketones (excluding diaryl/α,β-unsaturated/α-hetero) is 1. The lowest BCUT2D eigenvalue weighted by Gasteiger charge is -2.10. The SMILES string of the molecule is CC.NC1=CC(=O)c2ccccc2C1=O. The molecule has 0 saturated carbocycles. The summed E-state index contributed by atoms with van der Waals surface area (Å²) in [6.07, 6.45) is 1.17. The van der Waals surface area contributed by atoms with Gasteiger partial charge >= 0.3 is 0 Å². The third-order valence-corrected chi connectivity index (χ3v) is 1.99. The van der Waals surface area contributed by atoms with E-state index < -0.39 is 0 Å². The van der Waals surface area contributed by atoms with Crippen LogP contribution in [0.4, 0.5) is 0 Å². The zero-order valence-electron chi connectivity index (χ0n) is 8.78. The zero-order valence-corrected chi connectivity index (χ0v) is 8.78. The summed E-state index contributed by atoms with van der Waals surface area (Å²) in [6.45, 7) is 4.00. The van der Waals surface area contributed by atoms with Gasteiger partial charge in [-0.25, -0.2) is 0 Å². The Balaban J connectivity index is 0.000000531. The summed E-state index contributed by atoms with van der Waals surface area (Å²) in [5.74, 6) is -0.470. The molecule has 0 fully saturated rings. The molecule has 78 valence electrons. The number of benzene rings is 1. The fraction of sp³-hybridized carbons (Fsp3) is 0.167. The summed E-state index contributed by atoms with van der Waals surface area (Å²) in [5, 5.41) is 0. The molecule has 1 aromatic rings. The third kappa shape index (κ3) is 1.96. The molecule has 0 bridgehead atoms. The maximum atomic E-state index is 11.4. The van der Waals surface area contributed by atoms with Gasteiger partial charge in [0.25, 0.3) is 0 Å². The van der Waals surface area contributed by atoms with Gasteiger partial charge < -0.3 is 5.73 Å². The van der Waals surface area contributed by atoms with Crippen LogP contribution in [0.3, 0.4) is 0 Å². The van der Waals surface area contributed by atoms with Gasteiger partial charge in [-0.3, -0.25) is 9.59 Å². The van der Waals surface area contributed by atoms with Crippen molar-refractivity contribution in [2.75, 3.05) is 0 Å². The van der Waals surface area contributed by atoms with E-state index in [0.717, 1.165) is 0 Å². The average molecular weight is 203 g/mol. The van der Waals surface area contributed by atoms with Gasteiger partial charge in [0.2, 0.25) is 5.78 Å². The molecule has 1 aliphatic rings. The minimum absolute atomic E-state index is 0.0173. The van der Waals surface area contributed by atoms with Crippen molar-refractivity contribution in [3.8, 4) is 0 Å². The van der Waals surface area contributed by atoms with E-state index in [0.29, 0.717) is 11.1 Å². The number of rotatable bonds is 0. The lowest BCUT2D eigenvalue weighted by molar-refractivity contribution is 0.0983. The van der Waals surface area contributed by atoms with Gasteiger partial charge in [0.1, 0.15) is 0 Å². The lowest BCUT2D eigenvalue weighted by atomic mass is 9.93. The maximum Gasteiger partial charge on any atom is 0.209 e. The molecule has 2 N–H and O–H groups in total. The molecule has 0 amide bonds. The van der Waals surface area contributed by atoms with Crippen LogP contribution in [0.1, 0.15) is 34.6 Å². The van der Waals surface area contributed by atoms with Crippen molar-refractivity contribution in [1.29, 1.82) is 0 Å². The van der Waals surface area contributed by atoms with Gasteiger partial charge in [0, 0.05) is 17.2 Å². The van der Waals surface area contributed by atoms with Gasteiger partial charge in [0.15, 0.2) is 5.78 Å². The fourth-order valence-electron chi connectivity index (χ4n) is 1.34. The molecule has 3 nitrogen and oxygen atoms in total. The lowest BCUT2D eigenvalue weighted by Crippen LogP contribution is -2.21. The van der Waals surface area contributed by atoms with Crippen LogP contribution in [0.2, 0.25) is 0 Å². The number of carbonyl (C=O) groups is 2. The van der Waals surface area contributed by atoms with Crippen LogP contribution in [0.25, 0.3) is 0 Å². The number of fused-ring (bicyclic) bond motifs is 1. The van der Waals surface area contributed by atoms with E-state index in [1.165, 1.54) is 6.08 Å². The normalized spacial score (nSPS) is 13.6. The molecule has 0 unspecified atom stereocenters. The van der Waals surface area contributed by atoms with Gasteiger partial charge in [-0.1, -0.05) is 38.1 Å². The molecule has 0 radical (unpaired) electrons. The molecule has 0 atom stereocenters. The Hall–Kier alpha value is -1.90. The Kier molecular flexibility index (Phi) is 3.39. The maximum absolute atomic E-state index is 11.4. The monoisotopic (exact) mass is 203 g/mol. The average Bonchev–Trinajstić information content (AvgIpc) is 2.29. The molecule has 3 heteroatoms. The Bertz CT molecular complexity index is 433. The molecule has 2 rings (SSSR count). The van der Waals surface area contributed by atoms with Crippen LogP contribution in [-0.2, 0) is 0 Å². The highest BCUT2D eigenvalue weighted by molar-refractivity contribution is 6.24. The van der Waals surface area contributed by atoms with Crippen molar-refractivity contribution in [1.82, 2.24) is 0 Å². The van der Waals surface area contributed by atoms with Crippen molar-refractivity contribution in [2.24, 2.45) is 5.73 Å². The number of allylic oxidation sites excluding steroid dienone is 2. The zero-order chi connectivity index (χ0) is 11.4. The summed E-state index contributed by atoms with van der Waals surface area (Å²) in [4.78, 5) is 22.7. The highest BCUT2D eigenvalue weighted by atomic mass is 16.1. The molecule has 0 aliphatic heterocycles. The van der Waals surface area contributed by atoms with E-state index in [1.807, 2.05) is 13.8 Å². The second-order valence-electron chi connectivity index (χ2n) is 2.84. The number of nitrogens with two attached hydrogens (primary N) is 1. The van der Waals surface area contributed by atoms with E-state index >= 15 is 0 Å². The summed E-state index contributed by atoms with van der Waals surface area (Å²) >= 11 is 0. The van der Waals surface area contributed by atoms with Crippen LogP contribution in [0, 0.1) is 0 Å².